The van der Waals surface area contributed by atoms with E-state index < -0.39 is 17.7 Å². The van der Waals surface area contributed by atoms with E-state index in [1.165, 1.54) is 25.3 Å². The number of nitrogens with one attached hydrogen (secondary N) is 1. The molecule has 3 aromatic rings. The molecule has 0 saturated carbocycles. The minimum absolute atomic E-state index is 0.0190. The minimum Gasteiger partial charge on any atom is -0.496 e. The molecular weight excluding hydrogens is 337 g/mol. The molecule has 134 valence electrons. The third-order valence-electron chi connectivity index (χ3n) is 4.23. The van der Waals surface area contributed by atoms with E-state index in [0.717, 1.165) is 10.8 Å². The number of hydrogen-bond donors (Lipinski definition) is 3. The number of benzene rings is 2. The number of carboxylic acid groups (broad SMARTS) is 1. The summed E-state index contributed by atoms with van der Waals surface area (Å²) in [5, 5.41) is 14.3. The van der Waals surface area contributed by atoms with Crippen molar-refractivity contribution < 1.29 is 19.0 Å². The van der Waals surface area contributed by atoms with Crippen LogP contribution in [0.25, 0.3) is 10.8 Å². The van der Waals surface area contributed by atoms with Crippen molar-refractivity contribution in [1.29, 1.82) is 0 Å². The van der Waals surface area contributed by atoms with Gasteiger partial charge in [0.05, 0.1) is 18.5 Å². The summed E-state index contributed by atoms with van der Waals surface area (Å²) in [5.74, 6) is -2.31. The molecule has 3 rings (SSSR count). The number of anilines is 2. The molecule has 0 spiro atoms. The van der Waals surface area contributed by atoms with E-state index in [-0.39, 0.29) is 12.1 Å². The molecule has 2 aromatic carbocycles. The first-order valence-electron chi connectivity index (χ1n) is 7.93. The molecule has 0 aliphatic heterocycles. The smallest absolute Gasteiger partial charge is 0.312 e. The maximum atomic E-state index is 13.6. The number of carbonyl (C=O) groups is 1. The maximum absolute atomic E-state index is 13.6. The number of carboxylic acids is 1. The number of nitrogen functional groups attached to an aromatic ring is 1. The predicted octanol–water partition coefficient (Wildman–Crippen LogP) is 3.25. The molecule has 4 N–H and O–H groups in total. The summed E-state index contributed by atoms with van der Waals surface area (Å²) in [6.45, 7) is 0.0190. The predicted molar refractivity (Wildman–Crippen MR) is 98.0 cm³/mol. The molecule has 0 amide bonds. The van der Waals surface area contributed by atoms with Crippen molar-refractivity contribution in [1.82, 2.24) is 4.98 Å². The van der Waals surface area contributed by atoms with Crippen LogP contribution in [0.5, 0.6) is 5.75 Å². The van der Waals surface area contributed by atoms with Crippen molar-refractivity contribution in [3.63, 3.8) is 0 Å². The number of hydrogen-bond acceptors (Lipinski definition) is 5. The van der Waals surface area contributed by atoms with Gasteiger partial charge in [0.15, 0.2) is 0 Å². The van der Waals surface area contributed by atoms with E-state index in [1.54, 1.807) is 18.5 Å². The second-order valence-electron chi connectivity index (χ2n) is 5.78. The Balaban J connectivity index is 1.90. The number of halogens is 1. The Morgan fingerprint density at radius 1 is 1.35 bits per heavy atom. The third kappa shape index (κ3) is 3.37. The lowest BCUT2D eigenvalue weighted by Crippen LogP contribution is -2.22. The molecule has 1 aromatic heterocycles. The Morgan fingerprint density at radius 2 is 2.15 bits per heavy atom. The van der Waals surface area contributed by atoms with Crippen LogP contribution in [0.15, 0.2) is 48.8 Å². The summed E-state index contributed by atoms with van der Waals surface area (Å²) < 4.78 is 18.8. The molecule has 1 heterocycles. The van der Waals surface area contributed by atoms with E-state index >= 15 is 0 Å². The van der Waals surface area contributed by atoms with Crippen molar-refractivity contribution in [2.75, 3.05) is 24.7 Å². The molecule has 6 nitrogen and oxygen atoms in total. The Hall–Kier alpha value is -3.35. The van der Waals surface area contributed by atoms with Crippen molar-refractivity contribution >= 4 is 28.1 Å². The molecule has 0 saturated heterocycles. The fourth-order valence-corrected chi connectivity index (χ4v) is 2.86. The van der Waals surface area contributed by atoms with Gasteiger partial charge in [0.25, 0.3) is 0 Å². The fraction of sp³-hybridized carbons (Fsp3) is 0.158. The lowest BCUT2D eigenvalue weighted by atomic mass is 9.97. The van der Waals surface area contributed by atoms with Crippen molar-refractivity contribution in [3.8, 4) is 5.75 Å². The summed E-state index contributed by atoms with van der Waals surface area (Å²) in [4.78, 5) is 15.8. The van der Waals surface area contributed by atoms with E-state index in [2.05, 4.69) is 10.3 Å². The van der Waals surface area contributed by atoms with Crippen molar-refractivity contribution in [2.24, 2.45) is 0 Å². The summed E-state index contributed by atoms with van der Waals surface area (Å²) >= 11 is 0. The normalized spacial score (nSPS) is 11.9. The Kier molecular flexibility index (Phi) is 4.88. The Bertz CT molecular complexity index is 962. The van der Waals surface area contributed by atoms with E-state index in [9.17, 15) is 14.3 Å². The van der Waals surface area contributed by atoms with Crippen LogP contribution in [0.3, 0.4) is 0 Å². The van der Waals surface area contributed by atoms with Crippen LogP contribution < -0.4 is 15.8 Å². The van der Waals surface area contributed by atoms with Gasteiger partial charge in [-0.3, -0.25) is 9.78 Å². The molecule has 0 aliphatic rings. The van der Waals surface area contributed by atoms with Gasteiger partial charge in [-0.15, -0.1) is 0 Å². The Labute approximate surface area is 149 Å². The number of methoxy groups -OCH3 is 1. The van der Waals surface area contributed by atoms with Crippen LogP contribution in [0.4, 0.5) is 15.8 Å². The highest BCUT2D eigenvalue weighted by Crippen LogP contribution is 2.31. The van der Waals surface area contributed by atoms with Crippen molar-refractivity contribution in [3.05, 3.63) is 60.2 Å². The highest BCUT2D eigenvalue weighted by molar-refractivity contribution is 5.98. The first kappa shape index (κ1) is 17.5. The molecular formula is C19H18FN3O3. The third-order valence-corrected chi connectivity index (χ3v) is 4.23. The molecule has 7 heteroatoms. The zero-order chi connectivity index (χ0) is 18.7. The summed E-state index contributed by atoms with van der Waals surface area (Å²) in [6.07, 6.45) is 3.33. The standard InChI is InChI=1S/C19H18FN3O3/c1-26-17-5-3-12(20)8-13(17)15(19(24)25)10-23-16-4-2-11-6-7-22-9-14(11)18(16)21/h2-9,15,23H,10,21H2,1H3,(H,24,25). The van der Waals surface area contributed by atoms with Gasteiger partial charge >= 0.3 is 5.97 Å². The first-order valence-corrected chi connectivity index (χ1v) is 7.93. The van der Waals surface area contributed by atoms with Gasteiger partial charge in [0.1, 0.15) is 17.5 Å². The SMILES string of the molecule is COc1ccc(F)cc1C(CNc1ccc2ccncc2c1N)C(=O)O. The number of aromatic nitrogens is 1. The zero-order valence-corrected chi connectivity index (χ0v) is 14.1. The van der Waals surface area contributed by atoms with Crippen LogP contribution in [-0.4, -0.2) is 29.7 Å². The molecule has 0 radical (unpaired) electrons. The largest absolute Gasteiger partial charge is 0.496 e. The van der Waals surface area contributed by atoms with Crippen LogP contribution >= 0.6 is 0 Å². The highest BCUT2D eigenvalue weighted by Gasteiger charge is 2.24. The molecule has 0 bridgehead atoms. The van der Waals surface area contributed by atoms with Crippen molar-refractivity contribution in [2.45, 2.75) is 5.92 Å². The van der Waals surface area contributed by atoms with Gasteiger partial charge in [-0.25, -0.2) is 4.39 Å². The number of ether oxygens (including phenoxy) is 1. The second-order valence-corrected chi connectivity index (χ2v) is 5.78. The van der Waals surface area contributed by atoms with Crippen LogP contribution in [-0.2, 0) is 4.79 Å². The monoisotopic (exact) mass is 355 g/mol. The number of pyridine rings is 1. The van der Waals surface area contributed by atoms with Crippen LogP contribution in [0, 0.1) is 5.82 Å². The number of fused-ring (bicyclic) bond motifs is 1. The first-order chi connectivity index (χ1) is 12.5. The van der Waals surface area contributed by atoms with Crippen LogP contribution in [0.1, 0.15) is 11.5 Å². The van der Waals surface area contributed by atoms with Gasteiger partial charge in [-0.2, -0.15) is 0 Å². The fourth-order valence-electron chi connectivity index (χ4n) is 2.86. The number of aliphatic carboxylic acids is 1. The van der Waals surface area contributed by atoms with Gasteiger partial charge in [0.2, 0.25) is 0 Å². The highest BCUT2D eigenvalue weighted by atomic mass is 19.1. The molecule has 0 aliphatic carbocycles. The minimum atomic E-state index is -1.09. The van der Waals surface area contributed by atoms with Gasteiger partial charge in [-0.1, -0.05) is 6.07 Å². The lowest BCUT2D eigenvalue weighted by Gasteiger charge is -2.18. The van der Waals surface area contributed by atoms with Gasteiger partial charge < -0.3 is 20.9 Å². The topological polar surface area (TPSA) is 97.5 Å². The molecule has 26 heavy (non-hydrogen) atoms. The lowest BCUT2D eigenvalue weighted by molar-refractivity contribution is -0.138. The number of nitrogens with zero attached hydrogens (tertiary/aromatic N) is 1. The summed E-state index contributed by atoms with van der Waals surface area (Å²) in [6, 6.07) is 9.30. The molecule has 1 unspecified atom stereocenters. The van der Waals surface area contributed by atoms with Gasteiger partial charge in [0, 0.05) is 29.9 Å². The van der Waals surface area contributed by atoms with Gasteiger partial charge in [-0.05, 0) is 35.7 Å². The Morgan fingerprint density at radius 3 is 2.88 bits per heavy atom. The van der Waals surface area contributed by atoms with Crippen LogP contribution in [0.2, 0.25) is 0 Å². The van der Waals surface area contributed by atoms with E-state index in [4.69, 9.17) is 10.5 Å². The summed E-state index contributed by atoms with van der Waals surface area (Å²) in [7, 11) is 1.41. The average molecular weight is 355 g/mol. The summed E-state index contributed by atoms with van der Waals surface area (Å²) in [5.41, 5.74) is 7.49. The quantitative estimate of drug-likeness (QED) is 0.587. The zero-order valence-electron chi connectivity index (χ0n) is 14.1. The molecule has 1 atom stereocenters. The van der Waals surface area contributed by atoms with E-state index in [1.807, 2.05) is 12.1 Å². The second kappa shape index (κ2) is 7.26. The maximum Gasteiger partial charge on any atom is 0.312 e. The van der Waals surface area contributed by atoms with E-state index in [0.29, 0.717) is 17.1 Å². The number of nitrogens with two attached hydrogens (primary N) is 1. The molecule has 0 fully saturated rings. The number of rotatable bonds is 6. The average Bonchev–Trinajstić information content (AvgIpc) is 2.64.